The molecule has 0 aliphatic carbocycles. The highest BCUT2D eigenvalue weighted by molar-refractivity contribution is 5.70. The van der Waals surface area contributed by atoms with Crippen LogP contribution < -0.4 is 14.9 Å². The molecule has 0 N–H and O–H groups in total. The molecule has 6 nitrogen and oxygen atoms in total. The minimum absolute atomic E-state index is 0.119. The molecule has 2 aliphatic rings. The van der Waals surface area contributed by atoms with Gasteiger partial charge in [0.05, 0.1) is 26.9 Å². The molecular formula is C21H21F2NO5. The summed E-state index contributed by atoms with van der Waals surface area (Å²) in [6.45, 7) is 3.60. The molecule has 2 aromatic rings. The maximum atomic E-state index is 12.7. The van der Waals surface area contributed by atoms with Gasteiger partial charge in [0, 0.05) is 23.7 Å². The molecule has 1 aromatic carbocycles. The number of ether oxygens (including phenoxy) is 4. The predicted octanol–water partition coefficient (Wildman–Crippen LogP) is 3.29. The summed E-state index contributed by atoms with van der Waals surface area (Å²) >= 11 is 0. The Morgan fingerprint density at radius 1 is 1.45 bits per heavy atom. The summed E-state index contributed by atoms with van der Waals surface area (Å²) < 4.78 is 64.0. The van der Waals surface area contributed by atoms with Gasteiger partial charge >= 0.3 is 6.08 Å². The maximum Gasteiger partial charge on any atom is 0.305 e. The summed E-state index contributed by atoms with van der Waals surface area (Å²) in [6, 6.07) is 4.50. The number of aryl methyl sites for hydroxylation is 1. The molecule has 0 spiro atoms. The number of benzene rings is 1. The average Bonchev–Trinajstić information content (AvgIpc) is 2.77. The quantitative estimate of drug-likeness (QED) is 0.712. The third-order valence-corrected chi connectivity index (χ3v) is 4.90. The van der Waals surface area contributed by atoms with Crippen LogP contribution in [0, 0.1) is 6.92 Å². The molecule has 0 unspecified atom stereocenters. The van der Waals surface area contributed by atoms with Crippen LogP contribution in [0.3, 0.4) is 0 Å². The first-order valence-corrected chi connectivity index (χ1v) is 9.26. The van der Waals surface area contributed by atoms with Crippen LogP contribution in [-0.2, 0) is 22.4 Å². The van der Waals surface area contributed by atoms with E-state index in [2.05, 4.69) is 0 Å². The van der Waals surface area contributed by atoms with Crippen molar-refractivity contribution >= 4 is 0 Å². The molecule has 4 rings (SSSR count). The highest BCUT2D eigenvalue weighted by atomic mass is 19.3. The van der Waals surface area contributed by atoms with E-state index >= 15 is 0 Å². The Bertz CT molecular complexity index is 1090. The molecule has 0 saturated carbocycles. The van der Waals surface area contributed by atoms with E-state index in [1.807, 2.05) is 0 Å². The van der Waals surface area contributed by atoms with Gasteiger partial charge in [-0.2, -0.15) is 8.78 Å². The number of halogens is 2. The minimum atomic E-state index is -2.21. The normalized spacial score (nSPS) is 18.8. The van der Waals surface area contributed by atoms with Gasteiger partial charge in [-0.25, -0.2) is 0 Å². The van der Waals surface area contributed by atoms with E-state index in [0.29, 0.717) is 44.0 Å². The second-order valence-electron chi connectivity index (χ2n) is 6.80. The summed E-state index contributed by atoms with van der Waals surface area (Å²) in [5.41, 5.74) is 2.10. The first-order valence-electron chi connectivity index (χ1n) is 10.3. The molecule has 1 atom stereocenters. The molecule has 0 amide bonds. The van der Waals surface area contributed by atoms with E-state index in [4.69, 9.17) is 21.7 Å². The van der Waals surface area contributed by atoms with Gasteiger partial charge in [0.25, 0.3) is 0 Å². The maximum absolute atomic E-state index is 12.7. The van der Waals surface area contributed by atoms with Gasteiger partial charge in [0.2, 0.25) is 0 Å². The summed E-state index contributed by atoms with van der Waals surface area (Å²) in [6.07, 6.45) is -3.18. The molecule has 1 aromatic heterocycles. The number of fused-ring (bicyclic) bond motifs is 3. The van der Waals surface area contributed by atoms with Crippen LogP contribution in [0.5, 0.6) is 11.6 Å². The molecule has 8 heteroatoms. The largest absolute Gasteiger partial charge is 0.476 e. The summed E-state index contributed by atoms with van der Waals surface area (Å²) in [5.74, 6) is 0.287. The lowest BCUT2D eigenvalue weighted by molar-refractivity contribution is -0.102. The lowest BCUT2D eigenvalue weighted by atomic mass is 9.94. The summed E-state index contributed by atoms with van der Waals surface area (Å²) in [4.78, 5) is 12.7. The number of hydrogen-bond acceptors (Lipinski definition) is 5. The van der Waals surface area contributed by atoms with Crippen molar-refractivity contribution < 1.29 is 30.5 Å². The molecule has 1 fully saturated rings. The highest BCUT2D eigenvalue weighted by Gasteiger charge is 2.23. The molecule has 154 valence electrons. The first kappa shape index (κ1) is 17.2. The number of rotatable bonds is 5. The molecule has 3 heterocycles. The third kappa shape index (κ3) is 4.18. The fourth-order valence-electron chi connectivity index (χ4n) is 3.55. The molecule has 0 radical (unpaired) electrons. The first-order chi connectivity index (χ1) is 14.9. The van der Waals surface area contributed by atoms with Crippen molar-refractivity contribution in [1.29, 1.82) is 0 Å². The van der Waals surface area contributed by atoms with E-state index < -0.39 is 17.7 Å². The third-order valence-electron chi connectivity index (χ3n) is 4.90. The van der Waals surface area contributed by atoms with Crippen molar-refractivity contribution in [3.05, 3.63) is 57.9 Å². The van der Waals surface area contributed by atoms with Gasteiger partial charge in [-0.15, -0.1) is 0 Å². The van der Waals surface area contributed by atoms with Gasteiger partial charge in [0.15, 0.2) is 17.5 Å². The standard InChI is InChI=1S/C21H21F2NO5/c1-13-18(25)9-20(29-11-16-10-26-6-7-27-16)24-5-4-14-8-15(28-12-19(22)23)2-3-17(14)21(13)24/h2-3,8-9,12,16H,4-7,10-11H2,1H3/t16-/m0/s1/i9D,12D. The van der Waals surface area contributed by atoms with Crippen molar-refractivity contribution in [1.82, 2.24) is 4.57 Å². The smallest absolute Gasteiger partial charge is 0.305 e. The van der Waals surface area contributed by atoms with Gasteiger partial charge in [-0.05, 0) is 37.1 Å². The Hall–Kier alpha value is -2.71. The van der Waals surface area contributed by atoms with Gasteiger partial charge in [-0.3, -0.25) is 4.79 Å². The molecule has 1 saturated heterocycles. The Labute approximate surface area is 169 Å². The van der Waals surface area contributed by atoms with Crippen LogP contribution in [0.25, 0.3) is 11.3 Å². The Kier molecular flexibility index (Phi) is 4.94. The lowest BCUT2D eigenvalue weighted by Gasteiger charge is -2.28. The number of pyridine rings is 1. The lowest BCUT2D eigenvalue weighted by Crippen LogP contribution is -2.34. The van der Waals surface area contributed by atoms with Gasteiger partial charge < -0.3 is 23.5 Å². The minimum Gasteiger partial charge on any atom is -0.476 e. The van der Waals surface area contributed by atoms with Crippen molar-refractivity contribution in [2.75, 3.05) is 26.4 Å². The summed E-state index contributed by atoms with van der Waals surface area (Å²) in [7, 11) is 0. The number of nitrogens with zero attached hydrogens (tertiary/aromatic N) is 1. The van der Waals surface area contributed by atoms with Crippen molar-refractivity contribution in [3.63, 3.8) is 0 Å². The second-order valence-corrected chi connectivity index (χ2v) is 6.80. The average molecular weight is 407 g/mol. The zero-order valence-electron chi connectivity index (χ0n) is 17.8. The van der Waals surface area contributed by atoms with Crippen molar-refractivity contribution in [2.45, 2.75) is 26.0 Å². The molecule has 2 aliphatic heterocycles. The van der Waals surface area contributed by atoms with Crippen LogP contribution in [0.2, 0.25) is 0 Å². The van der Waals surface area contributed by atoms with Crippen LogP contribution in [-0.4, -0.2) is 37.1 Å². The van der Waals surface area contributed by atoms with Crippen molar-refractivity contribution in [3.8, 4) is 22.9 Å². The van der Waals surface area contributed by atoms with E-state index in [0.717, 1.165) is 11.1 Å². The summed E-state index contributed by atoms with van der Waals surface area (Å²) in [5, 5.41) is 0. The fourth-order valence-corrected chi connectivity index (χ4v) is 3.55. The Morgan fingerprint density at radius 2 is 2.31 bits per heavy atom. The van der Waals surface area contributed by atoms with E-state index in [1.165, 1.54) is 6.07 Å². The number of aromatic nitrogens is 1. The van der Waals surface area contributed by atoms with E-state index in [-0.39, 0.29) is 30.4 Å². The van der Waals surface area contributed by atoms with E-state index in [9.17, 15) is 13.6 Å². The number of hydrogen-bond donors (Lipinski definition) is 0. The van der Waals surface area contributed by atoms with Crippen LogP contribution in [0.4, 0.5) is 8.78 Å². The topological polar surface area (TPSA) is 58.9 Å². The Balaban J connectivity index is 1.70. The molecule has 0 bridgehead atoms. The van der Waals surface area contributed by atoms with Crippen LogP contribution in [0.1, 0.15) is 13.9 Å². The van der Waals surface area contributed by atoms with E-state index in [1.54, 1.807) is 23.6 Å². The monoisotopic (exact) mass is 407 g/mol. The Morgan fingerprint density at radius 3 is 3.07 bits per heavy atom. The zero-order valence-corrected chi connectivity index (χ0v) is 15.8. The van der Waals surface area contributed by atoms with Gasteiger partial charge in [-0.1, -0.05) is 0 Å². The SMILES string of the molecule is [2H]C(Oc1ccc2c(c1)CCn1c(OC[C@@H]3COCCO3)c([2H])c(=O)c(C)c1-2)=C(F)F. The second kappa shape index (κ2) is 8.34. The molecular weight excluding hydrogens is 384 g/mol. The van der Waals surface area contributed by atoms with Crippen LogP contribution in [0.15, 0.2) is 41.4 Å². The predicted molar refractivity (Wildman–Crippen MR) is 102 cm³/mol. The molecule has 29 heavy (non-hydrogen) atoms. The van der Waals surface area contributed by atoms with Crippen LogP contribution >= 0.6 is 0 Å². The highest BCUT2D eigenvalue weighted by Crippen LogP contribution is 2.35. The van der Waals surface area contributed by atoms with Crippen molar-refractivity contribution in [2.24, 2.45) is 0 Å². The fraction of sp³-hybridized carbons (Fsp3) is 0.381. The zero-order chi connectivity index (χ0) is 22.1. The van der Waals surface area contributed by atoms with Gasteiger partial charge in [0.1, 0.15) is 19.8 Å².